The normalized spacial score (nSPS) is 22.8. The molecule has 4 amide bonds. The van der Waals surface area contributed by atoms with Gasteiger partial charge < -0.3 is 25.5 Å². The highest BCUT2D eigenvalue weighted by atomic mass is 16.4. The summed E-state index contributed by atoms with van der Waals surface area (Å²) < 4.78 is 0. The molecule has 20 heavy (non-hydrogen) atoms. The number of carboxylic acids is 1. The van der Waals surface area contributed by atoms with Crippen LogP contribution in [0.4, 0.5) is 9.59 Å². The van der Waals surface area contributed by atoms with Crippen LogP contribution < -0.4 is 10.6 Å². The van der Waals surface area contributed by atoms with Crippen molar-refractivity contribution in [3.05, 3.63) is 12.7 Å². The highest BCUT2D eigenvalue weighted by Crippen LogP contribution is 2.14. The molecule has 2 aliphatic heterocycles. The van der Waals surface area contributed by atoms with Crippen molar-refractivity contribution in [3.63, 3.8) is 0 Å². The lowest BCUT2D eigenvalue weighted by Crippen LogP contribution is -2.57. The number of rotatable bonds is 4. The topological polar surface area (TPSA) is 102 Å². The first-order valence-corrected chi connectivity index (χ1v) is 6.46. The molecule has 2 heterocycles. The van der Waals surface area contributed by atoms with Crippen molar-refractivity contribution < 1.29 is 19.5 Å². The van der Waals surface area contributed by atoms with E-state index in [0.29, 0.717) is 26.2 Å². The zero-order valence-electron chi connectivity index (χ0n) is 11.0. The van der Waals surface area contributed by atoms with E-state index < -0.39 is 18.0 Å². The van der Waals surface area contributed by atoms with Gasteiger partial charge in [0.25, 0.3) is 0 Å². The molecular formula is C12H18N4O4. The third kappa shape index (κ3) is 2.84. The Bertz CT molecular complexity index is 439. The fraction of sp³-hybridized carbons (Fsp3) is 0.583. The summed E-state index contributed by atoms with van der Waals surface area (Å²) in [5, 5.41) is 14.2. The third-order valence-corrected chi connectivity index (χ3v) is 3.52. The molecule has 2 fully saturated rings. The Morgan fingerprint density at radius 1 is 1.55 bits per heavy atom. The van der Waals surface area contributed by atoms with Gasteiger partial charge in [-0.2, -0.15) is 0 Å². The van der Waals surface area contributed by atoms with Crippen molar-refractivity contribution in [1.29, 1.82) is 0 Å². The number of nitrogens with one attached hydrogen (secondary N) is 2. The Morgan fingerprint density at radius 3 is 2.95 bits per heavy atom. The molecule has 0 aromatic carbocycles. The van der Waals surface area contributed by atoms with Gasteiger partial charge in [-0.1, -0.05) is 6.08 Å². The van der Waals surface area contributed by atoms with Gasteiger partial charge in [-0.3, -0.25) is 0 Å². The van der Waals surface area contributed by atoms with Gasteiger partial charge in [0.1, 0.15) is 6.04 Å². The molecule has 2 saturated heterocycles. The number of aliphatic carboxylic acids is 1. The van der Waals surface area contributed by atoms with Gasteiger partial charge >= 0.3 is 18.0 Å². The molecule has 0 saturated carbocycles. The number of nitrogens with zero attached hydrogens (tertiary/aromatic N) is 2. The van der Waals surface area contributed by atoms with Crippen LogP contribution in [0, 0.1) is 0 Å². The second kappa shape index (κ2) is 5.81. The highest BCUT2D eigenvalue weighted by Gasteiger charge is 2.37. The van der Waals surface area contributed by atoms with E-state index in [1.54, 1.807) is 9.80 Å². The fourth-order valence-electron chi connectivity index (χ4n) is 2.42. The molecule has 2 aliphatic rings. The van der Waals surface area contributed by atoms with E-state index in [-0.39, 0.29) is 18.5 Å². The van der Waals surface area contributed by atoms with Crippen LogP contribution >= 0.6 is 0 Å². The molecule has 3 N–H and O–H groups in total. The minimum Gasteiger partial charge on any atom is -0.480 e. The minimum atomic E-state index is -1.09. The summed E-state index contributed by atoms with van der Waals surface area (Å²) >= 11 is 0. The predicted octanol–water partition coefficient (Wildman–Crippen LogP) is -0.565. The number of carbonyl (C=O) groups excluding carboxylic acids is 2. The summed E-state index contributed by atoms with van der Waals surface area (Å²) in [7, 11) is 0. The molecule has 0 aromatic rings. The van der Waals surface area contributed by atoms with Crippen molar-refractivity contribution in [2.24, 2.45) is 0 Å². The number of fused-ring (bicyclic) bond motifs is 1. The monoisotopic (exact) mass is 282 g/mol. The summed E-state index contributed by atoms with van der Waals surface area (Å²) in [5.74, 6) is -1.09. The zero-order valence-corrected chi connectivity index (χ0v) is 11.0. The predicted molar refractivity (Wildman–Crippen MR) is 70.2 cm³/mol. The van der Waals surface area contributed by atoms with Crippen LogP contribution in [-0.2, 0) is 4.79 Å². The van der Waals surface area contributed by atoms with Gasteiger partial charge in [0.2, 0.25) is 0 Å². The minimum absolute atomic E-state index is 0.0373. The summed E-state index contributed by atoms with van der Waals surface area (Å²) in [5.41, 5.74) is 0. The number of urea groups is 2. The lowest BCUT2D eigenvalue weighted by Gasteiger charge is -2.36. The van der Waals surface area contributed by atoms with E-state index in [1.807, 2.05) is 0 Å². The maximum Gasteiger partial charge on any atom is 0.326 e. The molecule has 0 aromatic heterocycles. The quantitative estimate of drug-likeness (QED) is 0.601. The molecule has 110 valence electrons. The maximum atomic E-state index is 12.1. The molecule has 0 bridgehead atoms. The average Bonchev–Trinajstić information content (AvgIpc) is 2.79. The van der Waals surface area contributed by atoms with Gasteiger partial charge in [0.05, 0.1) is 6.04 Å². The maximum absolute atomic E-state index is 12.1. The lowest BCUT2D eigenvalue weighted by molar-refractivity contribution is -0.139. The summed E-state index contributed by atoms with van der Waals surface area (Å²) in [6.07, 6.45) is 1.63. The van der Waals surface area contributed by atoms with Crippen molar-refractivity contribution in [2.45, 2.75) is 18.5 Å². The number of piperazine rings is 1. The highest BCUT2D eigenvalue weighted by molar-refractivity contribution is 5.83. The SMILES string of the molecule is C=CCC(NC(=O)N1CCN2C(=O)NCC2C1)C(=O)O. The first-order valence-electron chi connectivity index (χ1n) is 6.46. The Morgan fingerprint density at radius 2 is 2.30 bits per heavy atom. The van der Waals surface area contributed by atoms with Crippen molar-refractivity contribution >= 4 is 18.0 Å². The fourth-order valence-corrected chi connectivity index (χ4v) is 2.42. The molecule has 8 heteroatoms. The standard InChI is InChI=1S/C12H18N4O4/c1-2-3-9(10(17)18)14-12(20)15-4-5-16-8(7-15)6-13-11(16)19/h2,8-9H,1,3-7H2,(H,13,19)(H,14,20)(H,17,18). The molecule has 2 unspecified atom stereocenters. The second-order valence-electron chi connectivity index (χ2n) is 4.84. The number of carbonyl (C=O) groups is 3. The average molecular weight is 282 g/mol. The van der Waals surface area contributed by atoms with Gasteiger partial charge in [-0.05, 0) is 6.42 Å². The largest absolute Gasteiger partial charge is 0.480 e. The van der Waals surface area contributed by atoms with Crippen molar-refractivity contribution in [3.8, 4) is 0 Å². The second-order valence-corrected chi connectivity index (χ2v) is 4.84. The molecule has 2 atom stereocenters. The first kappa shape index (κ1) is 14.2. The van der Waals surface area contributed by atoms with Crippen LogP contribution in [0.1, 0.15) is 6.42 Å². The van der Waals surface area contributed by atoms with Crippen LogP contribution in [0.2, 0.25) is 0 Å². The van der Waals surface area contributed by atoms with Gasteiger partial charge in [-0.25, -0.2) is 14.4 Å². The zero-order chi connectivity index (χ0) is 14.7. The van der Waals surface area contributed by atoms with E-state index in [9.17, 15) is 14.4 Å². The van der Waals surface area contributed by atoms with Crippen LogP contribution in [0.15, 0.2) is 12.7 Å². The Labute approximate surface area is 116 Å². The molecule has 0 aliphatic carbocycles. The number of hydrogen-bond donors (Lipinski definition) is 3. The molecular weight excluding hydrogens is 264 g/mol. The van der Waals surface area contributed by atoms with Crippen LogP contribution in [-0.4, -0.2) is 71.2 Å². The van der Waals surface area contributed by atoms with E-state index in [0.717, 1.165) is 0 Å². The molecule has 0 radical (unpaired) electrons. The Kier molecular flexibility index (Phi) is 4.11. The van der Waals surface area contributed by atoms with E-state index in [1.165, 1.54) is 6.08 Å². The number of hydrogen-bond acceptors (Lipinski definition) is 3. The molecule has 8 nitrogen and oxygen atoms in total. The van der Waals surface area contributed by atoms with Crippen molar-refractivity contribution in [2.75, 3.05) is 26.2 Å². The van der Waals surface area contributed by atoms with Gasteiger partial charge in [-0.15, -0.1) is 6.58 Å². The van der Waals surface area contributed by atoms with Gasteiger partial charge in [0, 0.05) is 26.2 Å². The third-order valence-electron chi connectivity index (χ3n) is 3.52. The van der Waals surface area contributed by atoms with Crippen molar-refractivity contribution in [1.82, 2.24) is 20.4 Å². The van der Waals surface area contributed by atoms with Crippen LogP contribution in [0.25, 0.3) is 0 Å². The summed E-state index contributed by atoms with van der Waals surface area (Å²) in [4.78, 5) is 37.7. The smallest absolute Gasteiger partial charge is 0.326 e. The van der Waals surface area contributed by atoms with Gasteiger partial charge in [0.15, 0.2) is 0 Å². The summed E-state index contributed by atoms with van der Waals surface area (Å²) in [6.45, 7) is 5.25. The Balaban J connectivity index is 1.91. The lowest BCUT2D eigenvalue weighted by atomic mass is 10.2. The van der Waals surface area contributed by atoms with Crippen LogP contribution in [0.3, 0.4) is 0 Å². The van der Waals surface area contributed by atoms with Crippen LogP contribution in [0.5, 0.6) is 0 Å². The number of amides is 4. The summed E-state index contributed by atoms with van der Waals surface area (Å²) in [6, 6.07) is -1.53. The first-order chi connectivity index (χ1) is 9.52. The van der Waals surface area contributed by atoms with E-state index >= 15 is 0 Å². The van der Waals surface area contributed by atoms with E-state index in [4.69, 9.17) is 5.11 Å². The molecule has 2 rings (SSSR count). The Hall–Kier alpha value is -2.25. The molecule has 0 spiro atoms. The number of carboxylic acid groups (broad SMARTS) is 1. The van der Waals surface area contributed by atoms with E-state index in [2.05, 4.69) is 17.2 Å².